The molecule has 5 nitrogen and oxygen atoms in total. The third-order valence-corrected chi connectivity index (χ3v) is 5.91. The zero-order valence-corrected chi connectivity index (χ0v) is 17.5. The molecule has 0 atom stereocenters. The van der Waals surface area contributed by atoms with E-state index in [4.69, 9.17) is 5.11 Å². The number of carbonyl (C=O) groups is 2. The molecule has 0 aromatic heterocycles. The molecule has 0 aliphatic heterocycles. The zero-order valence-electron chi connectivity index (χ0n) is 17.5. The number of amides is 1. The van der Waals surface area contributed by atoms with E-state index in [2.05, 4.69) is 5.32 Å². The number of ketones is 1. The van der Waals surface area contributed by atoms with Gasteiger partial charge in [0.25, 0.3) is 5.78 Å². The van der Waals surface area contributed by atoms with Gasteiger partial charge in [0.2, 0.25) is 0 Å². The van der Waals surface area contributed by atoms with Gasteiger partial charge < -0.3 is 15.3 Å². The van der Waals surface area contributed by atoms with Crippen molar-refractivity contribution in [2.24, 2.45) is 0 Å². The van der Waals surface area contributed by atoms with Crippen molar-refractivity contribution in [3.05, 3.63) is 59.4 Å². The Morgan fingerprint density at radius 2 is 1.62 bits per heavy atom. The second-order valence-corrected chi connectivity index (χ2v) is 7.99. The summed E-state index contributed by atoms with van der Waals surface area (Å²) in [5.74, 6) is -2.30. The number of Topliss-reactive ketones (excluding diaryl/α,β-unsaturated/α-hetero) is 1. The number of halogens is 4. The molecule has 1 fully saturated rings. The summed E-state index contributed by atoms with van der Waals surface area (Å²) in [7, 11) is 1.56. The van der Waals surface area contributed by atoms with Crippen LogP contribution in [-0.4, -0.2) is 47.2 Å². The van der Waals surface area contributed by atoms with Gasteiger partial charge >= 0.3 is 12.3 Å². The summed E-state index contributed by atoms with van der Waals surface area (Å²) in [5.41, 5.74) is 1.17. The fourth-order valence-electron chi connectivity index (χ4n) is 3.95. The van der Waals surface area contributed by atoms with Crippen molar-refractivity contribution in [1.29, 1.82) is 0 Å². The van der Waals surface area contributed by atoms with Crippen LogP contribution in [0.1, 0.15) is 41.6 Å². The van der Waals surface area contributed by atoms with E-state index >= 15 is 0 Å². The van der Waals surface area contributed by atoms with Gasteiger partial charge in [0.1, 0.15) is 5.82 Å². The summed E-state index contributed by atoms with van der Waals surface area (Å²) in [6, 6.07) is 9.63. The van der Waals surface area contributed by atoms with E-state index in [-0.39, 0.29) is 18.6 Å². The number of hydrogen-bond donors (Lipinski definition) is 2. The minimum atomic E-state index is -4.93. The molecule has 1 amide bonds. The first kappa shape index (κ1) is 23.7. The number of alkyl halides is 3. The van der Waals surface area contributed by atoms with Crippen LogP contribution >= 0.6 is 0 Å². The molecule has 1 aliphatic rings. The zero-order chi connectivity index (χ0) is 23.5. The predicted octanol–water partition coefficient (Wildman–Crippen LogP) is 5.25. The van der Waals surface area contributed by atoms with Crippen molar-refractivity contribution < 1.29 is 32.3 Å². The van der Waals surface area contributed by atoms with Gasteiger partial charge in [-0.15, -0.1) is 0 Å². The average Bonchev–Trinajstić information content (AvgIpc) is 2.77. The summed E-state index contributed by atoms with van der Waals surface area (Å²) < 4.78 is 52.0. The summed E-state index contributed by atoms with van der Waals surface area (Å²) >= 11 is 0. The van der Waals surface area contributed by atoms with Crippen molar-refractivity contribution in [3.8, 4) is 11.1 Å². The van der Waals surface area contributed by atoms with Crippen LogP contribution in [0.15, 0.2) is 42.5 Å². The quantitative estimate of drug-likeness (QED) is 0.464. The molecule has 3 rings (SSSR count). The molecule has 1 aliphatic carbocycles. The number of hydrogen-bond acceptors (Lipinski definition) is 3. The van der Waals surface area contributed by atoms with E-state index in [1.54, 1.807) is 13.1 Å². The molecule has 32 heavy (non-hydrogen) atoms. The second-order valence-electron chi connectivity index (χ2n) is 7.99. The van der Waals surface area contributed by atoms with Gasteiger partial charge in [0.05, 0.1) is 0 Å². The van der Waals surface area contributed by atoms with Crippen LogP contribution < -0.4 is 5.32 Å². The largest absolute Gasteiger partial charge is 0.465 e. The molecular weight excluding hydrogens is 428 g/mol. The number of rotatable bonds is 6. The Morgan fingerprint density at radius 1 is 1.03 bits per heavy atom. The maximum absolute atomic E-state index is 14.3. The van der Waals surface area contributed by atoms with Crippen molar-refractivity contribution in [2.45, 2.75) is 50.5 Å². The molecule has 0 heterocycles. The summed E-state index contributed by atoms with van der Waals surface area (Å²) in [6.07, 6.45) is -2.87. The third kappa shape index (κ3) is 5.64. The second kappa shape index (κ2) is 9.68. The highest BCUT2D eigenvalue weighted by atomic mass is 19.4. The van der Waals surface area contributed by atoms with Crippen LogP contribution in [0, 0.1) is 5.82 Å². The van der Waals surface area contributed by atoms with Gasteiger partial charge in [-0.3, -0.25) is 4.79 Å². The Labute approximate surface area is 183 Å². The Bertz CT molecular complexity index is 968. The Hall–Kier alpha value is -2.94. The molecule has 1 saturated carbocycles. The topological polar surface area (TPSA) is 69.6 Å². The maximum Gasteiger partial charge on any atom is 0.454 e. The lowest BCUT2D eigenvalue weighted by Crippen LogP contribution is -2.42. The van der Waals surface area contributed by atoms with Gasteiger partial charge in [-0.1, -0.05) is 30.3 Å². The lowest BCUT2D eigenvalue weighted by Gasteiger charge is -2.33. The smallest absolute Gasteiger partial charge is 0.454 e. The van der Waals surface area contributed by atoms with Gasteiger partial charge in [-0.2, -0.15) is 13.2 Å². The van der Waals surface area contributed by atoms with Crippen molar-refractivity contribution in [3.63, 3.8) is 0 Å². The van der Waals surface area contributed by atoms with Crippen molar-refractivity contribution in [1.82, 2.24) is 10.2 Å². The van der Waals surface area contributed by atoms with E-state index in [0.717, 1.165) is 37.8 Å². The first-order chi connectivity index (χ1) is 15.1. The highest BCUT2D eigenvalue weighted by molar-refractivity contribution is 6.00. The summed E-state index contributed by atoms with van der Waals surface area (Å²) in [6.45, 7) is 0.272. The molecule has 0 unspecified atom stereocenters. The first-order valence-electron chi connectivity index (χ1n) is 10.3. The summed E-state index contributed by atoms with van der Waals surface area (Å²) in [4.78, 5) is 23.7. The molecule has 2 aromatic rings. The Balaban J connectivity index is 1.63. The number of carbonyl (C=O) groups excluding carboxylic acids is 1. The van der Waals surface area contributed by atoms with Crippen LogP contribution in [0.2, 0.25) is 0 Å². The Morgan fingerprint density at radius 3 is 2.19 bits per heavy atom. The van der Waals surface area contributed by atoms with E-state index in [0.29, 0.717) is 16.7 Å². The molecule has 0 spiro atoms. The highest BCUT2D eigenvalue weighted by Gasteiger charge is 2.39. The van der Waals surface area contributed by atoms with Crippen LogP contribution in [0.25, 0.3) is 11.1 Å². The van der Waals surface area contributed by atoms with E-state index in [1.807, 2.05) is 0 Å². The van der Waals surface area contributed by atoms with E-state index < -0.39 is 29.4 Å². The van der Waals surface area contributed by atoms with Gasteiger partial charge in [0, 0.05) is 36.8 Å². The van der Waals surface area contributed by atoms with Crippen LogP contribution in [0.4, 0.5) is 22.4 Å². The van der Waals surface area contributed by atoms with Crippen LogP contribution in [0.3, 0.4) is 0 Å². The molecule has 9 heteroatoms. The molecule has 172 valence electrons. The molecule has 0 radical (unpaired) electrons. The molecule has 2 N–H and O–H groups in total. The lowest BCUT2D eigenvalue weighted by atomic mass is 9.90. The van der Waals surface area contributed by atoms with E-state index in [1.165, 1.54) is 29.2 Å². The lowest BCUT2D eigenvalue weighted by molar-refractivity contribution is -0.0885. The molecule has 0 bridgehead atoms. The van der Waals surface area contributed by atoms with Gasteiger partial charge in [-0.25, -0.2) is 9.18 Å². The van der Waals surface area contributed by atoms with Crippen molar-refractivity contribution in [2.75, 3.05) is 7.05 Å². The van der Waals surface area contributed by atoms with Crippen LogP contribution in [0.5, 0.6) is 0 Å². The summed E-state index contributed by atoms with van der Waals surface area (Å²) in [5, 5.41) is 12.4. The fourth-order valence-corrected chi connectivity index (χ4v) is 3.95. The third-order valence-electron chi connectivity index (χ3n) is 5.91. The SMILES string of the molecule is CN(C(=O)O)C1CCC(NCc2cc(-c3ccc(C(=O)C(F)(F)F)cc3)ccc2F)CC1. The number of nitrogens with zero attached hydrogens (tertiary/aromatic N) is 1. The maximum atomic E-state index is 14.3. The number of carboxylic acid groups (broad SMARTS) is 1. The fraction of sp³-hybridized carbons (Fsp3) is 0.391. The Kier molecular flexibility index (Phi) is 7.18. The van der Waals surface area contributed by atoms with Crippen LogP contribution in [-0.2, 0) is 6.54 Å². The molecule has 0 saturated heterocycles. The molecule has 2 aromatic carbocycles. The minimum absolute atomic E-state index is 0.0159. The first-order valence-corrected chi connectivity index (χ1v) is 10.3. The molecular formula is C23H24F4N2O3. The van der Waals surface area contributed by atoms with Gasteiger partial charge in [0.15, 0.2) is 0 Å². The van der Waals surface area contributed by atoms with Gasteiger partial charge in [-0.05, 0) is 48.9 Å². The predicted molar refractivity (Wildman–Crippen MR) is 111 cm³/mol. The average molecular weight is 452 g/mol. The minimum Gasteiger partial charge on any atom is -0.465 e. The number of benzene rings is 2. The standard InChI is InChI=1S/C23H24F4N2O3/c1-29(22(31)32)19-9-7-18(8-10-19)28-13-17-12-16(6-11-20(17)24)14-2-4-15(5-3-14)21(30)23(25,26)27/h2-6,11-12,18-19,28H,7-10,13H2,1H3,(H,31,32). The monoisotopic (exact) mass is 452 g/mol. The number of nitrogens with one attached hydrogen (secondary N) is 1. The normalized spacial score (nSPS) is 18.9. The van der Waals surface area contributed by atoms with Crippen molar-refractivity contribution >= 4 is 11.9 Å². The highest BCUT2D eigenvalue weighted by Crippen LogP contribution is 2.27. The van der Waals surface area contributed by atoms with E-state index in [9.17, 15) is 27.2 Å².